The number of carbonyl (C=O) groups is 1. The maximum atomic E-state index is 11.9. The van der Waals surface area contributed by atoms with E-state index in [1.165, 1.54) is 12.8 Å². The number of hydrogen-bond donors (Lipinski definition) is 3. The van der Waals surface area contributed by atoms with Crippen LogP contribution in [0.5, 0.6) is 0 Å². The summed E-state index contributed by atoms with van der Waals surface area (Å²) in [5.74, 6) is -2.49. The normalized spacial score (nSPS) is 22.7. The number of hydrogen-bond acceptors (Lipinski definition) is 9. The molecule has 2 unspecified atom stereocenters. The van der Waals surface area contributed by atoms with Gasteiger partial charge in [0.05, 0.1) is 25.6 Å². The van der Waals surface area contributed by atoms with Crippen LogP contribution in [-0.2, 0) is 23.6 Å². The minimum atomic E-state index is -4.84. The summed E-state index contributed by atoms with van der Waals surface area (Å²) in [4.78, 5) is 43.8. The molecule has 14 heteroatoms. The third-order valence-corrected chi connectivity index (χ3v) is 6.86. The summed E-state index contributed by atoms with van der Waals surface area (Å²) in [6.45, 7) is 1.34. The third kappa shape index (κ3) is 5.64. The maximum absolute atomic E-state index is 11.9. The highest BCUT2D eigenvalue weighted by molar-refractivity contribution is 7.53. The number of esters is 1. The second-order valence-electron chi connectivity index (χ2n) is 8.11. The van der Waals surface area contributed by atoms with Crippen LogP contribution >= 0.6 is 19.2 Å². The Morgan fingerprint density at radius 1 is 1.33 bits per heavy atom. The first-order valence-electron chi connectivity index (χ1n) is 10.9. The Morgan fingerprint density at radius 2 is 2.09 bits per heavy atom. The highest BCUT2D eigenvalue weighted by Gasteiger charge is 2.40. The first kappa shape index (κ1) is 24.3. The van der Waals surface area contributed by atoms with Gasteiger partial charge >= 0.3 is 13.6 Å². The van der Waals surface area contributed by atoms with E-state index >= 15 is 0 Å². The van der Waals surface area contributed by atoms with Crippen molar-refractivity contribution in [3.8, 4) is 0 Å². The zero-order chi connectivity index (χ0) is 23.6. The van der Waals surface area contributed by atoms with Gasteiger partial charge in [0.2, 0.25) is 5.28 Å². The molecule has 2 fully saturated rings. The lowest BCUT2D eigenvalue weighted by Crippen LogP contribution is -2.30. The summed E-state index contributed by atoms with van der Waals surface area (Å²) in [5, 5.41) is 3.51. The topological polar surface area (TPSA) is 158 Å². The van der Waals surface area contributed by atoms with Crippen LogP contribution in [0.2, 0.25) is 5.28 Å². The molecule has 2 aromatic rings. The van der Waals surface area contributed by atoms with Crippen LogP contribution in [-0.4, -0.2) is 66.5 Å². The average Bonchev–Trinajstić information content (AvgIpc) is 3.48. The van der Waals surface area contributed by atoms with Crippen molar-refractivity contribution < 1.29 is 33.4 Å². The molecule has 1 saturated carbocycles. The summed E-state index contributed by atoms with van der Waals surface area (Å²) >= 11 is 6.17. The number of ether oxygens (including phenoxy) is 3. The predicted molar refractivity (Wildman–Crippen MR) is 118 cm³/mol. The van der Waals surface area contributed by atoms with Gasteiger partial charge in [0.1, 0.15) is 6.23 Å². The SMILES string of the molecule is CCOC(=O)[C@H](OCC1CCC(n2cnc3c(NC4CCCC4)nc(Cl)nc32)O1)P(=O)(O)O. The van der Waals surface area contributed by atoms with Gasteiger partial charge in [-0.3, -0.25) is 9.13 Å². The van der Waals surface area contributed by atoms with Crippen molar-refractivity contribution in [2.75, 3.05) is 18.5 Å². The van der Waals surface area contributed by atoms with E-state index in [0.717, 1.165) is 12.8 Å². The lowest BCUT2D eigenvalue weighted by molar-refractivity contribution is -0.154. The standard InChI is InChI=1S/C19H27ClN5O7P/c1-2-30-17(26)18(33(27,28)29)31-9-12-7-8-13(32-12)25-10-21-14-15(22-11-5-3-4-6-11)23-19(20)24-16(14)25/h10-13,18H,2-9H2,1H3,(H,22,23,24)(H2,27,28,29)/t12?,13?,18-/m1/s1. The molecule has 1 aliphatic carbocycles. The van der Waals surface area contributed by atoms with E-state index < -0.39 is 31.7 Å². The van der Waals surface area contributed by atoms with E-state index in [4.69, 9.17) is 25.8 Å². The van der Waals surface area contributed by atoms with E-state index in [1.807, 2.05) is 0 Å². The van der Waals surface area contributed by atoms with Gasteiger partial charge in [0, 0.05) is 6.04 Å². The smallest absolute Gasteiger partial charge is 0.365 e. The summed E-state index contributed by atoms with van der Waals surface area (Å²) in [6, 6.07) is 0.329. The highest BCUT2D eigenvalue weighted by atomic mass is 35.5. The molecule has 12 nitrogen and oxygen atoms in total. The van der Waals surface area contributed by atoms with Gasteiger partial charge in [0.15, 0.2) is 17.0 Å². The fraction of sp³-hybridized carbons (Fsp3) is 0.684. The Morgan fingerprint density at radius 3 is 2.79 bits per heavy atom. The van der Waals surface area contributed by atoms with E-state index in [9.17, 15) is 19.1 Å². The number of imidazole rings is 1. The number of halogens is 1. The van der Waals surface area contributed by atoms with Gasteiger partial charge in [-0.2, -0.15) is 9.97 Å². The van der Waals surface area contributed by atoms with Crippen LogP contribution in [0.4, 0.5) is 5.82 Å². The summed E-state index contributed by atoms with van der Waals surface area (Å²) in [5.41, 5.74) is 1.13. The second kappa shape index (κ2) is 10.2. The van der Waals surface area contributed by atoms with Crippen molar-refractivity contribution in [3.63, 3.8) is 0 Å². The summed E-state index contributed by atoms with van der Waals surface area (Å²) in [6.07, 6.45) is 6.32. The molecular weight excluding hydrogens is 477 g/mol. The zero-order valence-electron chi connectivity index (χ0n) is 18.1. The molecule has 3 atom stereocenters. The molecule has 33 heavy (non-hydrogen) atoms. The number of nitrogens with zero attached hydrogens (tertiary/aromatic N) is 4. The van der Waals surface area contributed by atoms with Gasteiger partial charge in [-0.25, -0.2) is 9.78 Å². The molecule has 0 radical (unpaired) electrons. The van der Waals surface area contributed by atoms with Crippen molar-refractivity contribution >= 4 is 42.1 Å². The largest absolute Gasteiger partial charge is 0.464 e. The van der Waals surface area contributed by atoms with Crippen molar-refractivity contribution in [1.29, 1.82) is 0 Å². The molecule has 0 spiro atoms. The Hall–Kier alpha value is -1.82. The van der Waals surface area contributed by atoms with Crippen molar-refractivity contribution in [1.82, 2.24) is 19.5 Å². The molecule has 1 aliphatic heterocycles. The van der Waals surface area contributed by atoms with Crippen LogP contribution in [0, 0.1) is 0 Å². The van der Waals surface area contributed by atoms with Gasteiger partial charge in [-0.1, -0.05) is 12.8 Å². The van der Waals surface area contributed by atoms with Gasteiger partial charge < -0.3 is 29.3 Å². The number of aromatic nitrogens is 4. The van der Waals surface area contributed by atoms with Crippen molar-refractivity contribution in [2.45, 2.75) is 69.7 Å². The highest BCUT2D eigenvalue weighted by Crippen LogP contribution is 2.43. The average molecular weight is 504 g/mol. The monoisotopic (exact) mass is 503 g/mol. The minimum absolute atomic E-state index is 0.0175. The summed E-state index contributed by atoms with van der Waals surface area (Å²) in [7, 11) is -4.84. The number of carbonyl (C=O) groups excluding carboxylic acids is 1. The van der Waals surface area contributed by atoms with Crippen LogP contribution in [0.3, 0.4) is 0 Å². The van der Waals surface area contributed by atoms with Crippen molar-refractivity contribution in [2.24, 2.45) is 0 Å². The number of anilines is 1. The Bertz CT molecular complexity index is 1040. The molecule has 2 aromatic heterocycles. The van der Waals surface area contributed by atoms with Crippen LogP contribution < -0.4 is 5.32 Å². The Balaban J connectivity index is 1.44. The first-order valence-corrected chi connectivity index (χ1v) is 13.0. The van der Waals surface area contributed by atoms with E-state index in [-0.39, 0.29) is 18.5 Å². The molecular formula is C19H27ClN5O7P. The van der Waals surface area contributed by atoms with Gasteiger partial charge in [-0.05, 0) is 44.2 Å². The predicted octanol–water partition coefficient (Wildman–Crippen LogP) is 2.60. The van der Waals surface area contributed by atoms with Crippen molar-refractivity contribution in [3.05, 3.63) is 11.6 Å². The van der Waals surface area contributed by atoms with Gasteiger partial charge in [-0.15, -0.1) is 0 Å². The first-order chi connectivity index (χ1) is 15.8. The van der Waals surface area contributed by atoms with E-state index in [0.29, 0.717) is 35.9 Å². The fourth-order valence-corrected chi connectivity index (χ4v) is 4.99. The molecule has 182 valence electrons. The minimum Gasteiger partial charge on any atom is -0.464 e. The van der Waals surface area contributed by atoms with Crippen LogP contribution in [0.15, 0.2) is 6.33 Å². The third-order valence-electron chi connectivity index (χ3n) is 5.72. The Kier molecular flexibility index (Phi) is 7.52. The molecule has 0 amide bonds. The van der Waals surface area contributed by atoms with Crippen LogP contribution in [0.1, 0.15) is 51.7 Å². The molecule has 2 aliphatic rings. The summed E-state index contributed by atoms with van der Waals surface area (Å²) < 4.78 is 29.3. The molecule has 0 bridgehead atoms. The zero-order valence-corrected chi connectivity index (χ0v) is 19.7. The number of nitrogens with one attached hydrogen (secondary N) is 1. The van der Waals surface area contributed by atoms with Gasteiger partial charge in [0.25, 0.3) is 5.85 Å². The molecule has 3 heterocycles. The fourth-order valence-electron chi connectivity index (χ4n) is 4.19. The maximum Gasteiger partial charge on any atom is 0.365 e. The van der Waals surface area contributed by atoms with E-state index in [2.05, 4.69) is 20.3 Å². The lowest BCUT2D eigenvalue weighted by atomic mass is 10.2. The van der Waals surface area contributed by atoms with E-state index in [1.54, 1.807) is 17.8 Å². The molecule has 0 aromatic carbocycles. The Labute approximate surface area is 195 Å². The second-order valence-corrected chi connectivity index (χ2v) is 10.1. The molecule has 3 N–H and O–H groups in total. The lowest BCUT2D eigenvalue weighted by Gasteiger charge is -2.20. The quantitative estimate of drug-likeness (QED) is 0.262. The molecule has 1 saturated heterocycles. The molecule has 4 rings (SSSR count). The number of rotatable bonds is 9. The number of fused-ring (bicyclic) bond motifs is 1. The van der Waals surface area contributed by atoms with Crippen LogP contribution in [0.25, 0.3) is 11.2 Å².